The Morgan fingerprint density at radius 2 is 1.81 bits per heavy atom. The van der Waals surface area contributed by atoms with E-state index in [0.29, 0.717) is 5.56 Å². The van der Waals surface area contributed by atoms with Crippen LogP contribution in [-0.2, 0) is 4.74 Å². The Morgan fingerprint density at radius 1 is 1.11 bits per heavy atom. The molecule has 2 aromatic rings. The number of hydrogen-bond donors (Lipinski definition) is 1. The van der Waals surface area contributed by atoms with Crippen molar-refractivity contribution in [2.75, 3.05) is 27.4 Å². The Balaban J connectivity index is 2.07. The number of rotatable bonds is 8. The highest BCUT2D eigenvalue weighted by molar-refractivity contribution is 5.95. The summed E-state index contributed by atoms with van der Waals surface area (Å²) in [6.45, 7) is 0.245. The fourth-order valence-corrected chi connectivity index (χ4v) is 2.26. The molecule has 1 amide bonds. The molecule has 0 spiro atoms. The van der Waals surface area contributed by atoms with Gasteiger partial charge in [0.15, 0.2) is 11.5 Å². The minimum atomic E-state index is -0.869. The molecule has 1 N–H and O–H groups in total. The first-order valence-electron chi connectivity index (χ1n) is 7.88. The normalized spacial score (nSPS) is 10.0. The molecule has 0 aliphatic carbocycles. The number of benzene rings is 2. The van der Waals surface area contributed by atoms with E-state index in [2.05, 4.69) is 10.1 Å². The SMILES string of the molecule is COC(=O)c1cc(OCCNC(=O)c2ccccc2)c(OC)cc1[N+](=O)[O-]. The van der Waals surface area contributed by atoms with Crippen molar-refractivity contribution in [1.29, 1.82) is 0 Å². The van der Waals surface area contributed by atoms with Gasteiger partial charge in [0, 0.05) is 11.6 Å². The summed E-state index contributed by atoms with van der Waals surface area (Å²) in [5.41, 5.74) is -0.201. The minimum absolute atomic E-state index is 0.0629. The van der Waals surface area contributed by atoms with Gasteiger partial charge in [0.25, 0.3) is 11.6 Å². The van der Waals surface area contributed by atoms with Gasteiger partial charge < -0.3 is 19.5 Å². The molecule has 2 rings (SSSR count). The van der Waals surface area contributed by atoms with E-state index in [1.165, 1.54) is 13.2 Å². The monoisotopic (exact) mass is 374 g/mol. The third-order valence-corrected chi connectivity index (χ3v) is 3.57. The molecular weight excluding hydrogens is 356 g/mol. The van der Waals surface area contributed by atoms with E-state index in [9.17, 15) is 19.7 Å². The van der Waals surface area contributed by atoms with E-state index >= 15 is 0 Å². The van der Waals surface area contributed by atoms with Crippen LogP contribution in [0.1, 0.15) is 20.7 Å². The summed E-state index contributed by atoms with van der Waals surface area (Å²) in [6, 6.07) is 10.9. The summed E-state index contributed by atoms with van der Waals surface area (Å²) < 4.78 is 15.2. The molecule has 9 nitrogen and oxygen atoms in total. The number of methoxy groups -OCH3 is 2. The van der Waals surface area contributed by atoms with Crippen molar-refractivity contribution in [2.24, 2.45) is 0 Å². The summed E-state index contributed by atoms with van der Waals surface area (Å²) in [7, 11) is 2.44. The maximum Gasteiger partial charge on any atom is 0.345 e. The van der Waals surface area contributed by atoms with Crippen LogP contribution in [0, 0.1) is 10.1 Å². The number of carbonyl (C=O) groups is 2. The fourth-order valence-electron chi connectivity index (χ4n) is 2.26. The molecule has 0 aliphatic rings. The molecule has 9 heteroatoms. The van der Waals surface area contributed by atoms with Crippen molar-refractivity contribution in [3.63, 3.8) is 0 Å². The third kappa shape index (κ3) is 4.94. The van der Waals surface area contributed by atoms with E-state index < -0.39 is 16.6 Å². The fraction of sp³-hybridized carbons (Fsp3) is 0.222. The molecule has 0 aromatic heterocycles. The standard InChI is InChI=1S/C18H18N2O7/c1-25-15-11-14(20(23)24)13(18(22)26-2)10-16(15)27-9-8-19-17(21)12-6-4-3-5-7-12/h3-7,10-11H,8-9H2,1-2H3,(H,19,21). The molecule has 27 heavy (non-hydrogen) atoms. The summed E-state index contributed by atoms with van der Waals surface area (Å²) in [5.74, 6) is -0.919. The molecular formula is C18H18N2O7. The van der Waals surface area contributed by atoms with Gasteiger partial charge in [-0.15, -0.1) is 0 Å². The first-order valence-corrected chi connectivity index (χ1v) is 7.88. The van der Waals surface area contributed by atoms with Gasteiger partial charge in [0.2, 0.25) is 0 Å². The zero-order valence-corrected chi connectivity index (χ0v) is 14.8. The largest absolute Gasteiger partial charge is 0.493 e. The number of amides is 1. The summed E-state index contributed by atoms with van der Waals surface area (Å²) in [4.78, 5) is 34.2. The first-order chi connectivity index (χ1) is 13.0. The average molecular weight is 374 g/mol. The van der Waals surface area contributed by atoms with Crippen LogP contribution in [0.2, 0.25) is 0 Å². The number of nitrogens with zero attached hydrogens (tertiary/aromatic N) is 1. The number of carbonyl (C=O) groups excluding carboxylic acids is 2. The van der Waals surface area contributed by atoms with Crippen LogP contribution < -0.4 is 14.8 Å². The van der Waals surface area contributed by atoms with Crippen molar-refractivity contribution >= 4 is 17.6 Å². The lowest BCUT2D eigenvalue weighted by Gasteiger charge is -2.13. The van der Waals surface area contributed by atoms with Gasteiger partial charge in [0.05, 0.1) is 31.8 Å². The van der Waals surface area contributed by atoms with E-state index in [4.69, 9.17) is 9.47 Å². The van der Waals surface area contributed by atoms with E-state index in [0.717, 1.165) is 13.2 Å². The van der Waals surface area contributed by atoms with E-state index in [1.807, 2.05) is 0 Å². The number of ether oxygens (including phenoxy) is 3. The molecule has 142 valence electrons. The van der Waals surface area contributed by atoms with Gasteiger partial charge in [-0.3, -0.25) is 14.9 Å². The summed E-state index contributed by atoms with van der Waals surface area (Å²) >= 11 is 0. The summed E-state index contributed by atoms with van der Waals surface area (Å²) in [6.07, 6.45) is 0. The quantitative estimate of drug-likeness (QED) is 0.326. The van der Waals surface area contributed by atoms with Crippen molar-refractivity contribution in [3.05, 3.63) is 63.7 Å². The molecule has 0 saturated carbocycles. The minimum Gasteiger partial charge on any atom is -0.493 e. The Morgan fingerprint density at radius 3 is 2.41 bits per heavy atom. The molecule has 2 aromatic carbocycles. The van der Waals surface area contributed by atoms with E-state index in [-0.39, 0.29) is 36.1 Å². The van der Waals surface area contributed by atoms with Crippen LogP contribution in [0.3, 0.4) is 0 Å². The smallest absolute Gasteiger partial charge is 0.345 e. The highest BCUT2D eigenvalue weighted by atomic mass is 16.6. The van der Waals surface area contributed by atoms with Gasteiger partial charge in [-0.2, -0.15) is 0 Å². The van der Waals surface area contributed by atoms with Crippen LogP contribution >= 0.6 is 0 Å². The summed E-state index contributed by atoms with van der Waals surface area (Å²) in [5, 5.41) is 13.8. The van der Waals surface area contributed by atoms with Gasteiger partial charge in [0.1, 0.15) is 12.2 Å². The number of nitro groups is 1. The molecule has 0 atom stereocenters. The van der Waals surface area contributed by atoms with Crippen LogP contribution in [0.15, 0.2) is 42.5 Å². The predicted molar refractivity (Wildman–Crippen MR) is 95.3 cm³/mol. The molecule has 0 aliphatic heterocycles. The van der Waals surface area contributed by atoms with E-state index in [1.54, 1.807) is 30.3 Å². The molecule has 0 radical (unpaired) electrons. The van der Waals surface area contributed by atoms with Crippen LogP contribution in [0.4, 0.5) is 5.69 Å². The zero-order chi connectivity index (χ0) is 19.8. The lowest BCUT2D eigenvalue weighted by molar-refractivity contribution is -0.385. The van der Waals surface area contributed by atoms with Crippen molar-refractivity contribution in [3.8, 4) is 11.5 Å². The molecule has 0 fully saturated rings. The molecule has 0 heterocycles. The second kappa shape index (κ2) is 9.18. The average Bonchev–Trinajstić information content (AvgIpc) is 2.70. The second-order valence-electron chi connectivity index (χ2n) is 5.24. The third-order valence-electron chi connectivity index (χ3n) is 3.57. The Labute approximate surface area is 155 Å². The van der Waals surface area contributed by atoms with Gasteiger partial charge in [-0.05, 0) is 12.1 Å². The van der Waals surface area contributed by atoms with Gasteiger partial charge in [-0.1, -0.05) is 18.2 Å². The number of nitrogens with one attached hydrogen (secondary N) is 1. The number of esters is 1. The Bertz CT molecular complexity index is 837. The van der Waals surface area contributed by atoms with Crippen LogP contribution in [-0.4, -0.2) is 44.2 Å². The number of nitro benzene ring substituents is 1. The zero-order valence-electron chi connectivity index (χ0n) is 14.8. The van der Waals surface area contributed by atoms with Gasteiger partial charge in [-0.25, -0.2) is 4.79 Å². The molecule has 0 bridgehead atoms. The van der Waals surface area contributed by atoms with Gasteiger partial charge >= 0.3 is 5.97 Å². The van der Waals surface area contributed by atoms with Crippen molar-refractivity contribution in [1.82, 2.24) is 5.32 Å². The lowest BCUT2D eigenvalue weighted by atomic mass is 10.1. The Hall–Kier alpha value is -3.62. The maximum atomic E-state index is 12.0. The highest BCUT2D eigenvalue weighted by Crippen LogP contribution is 2.35. The molecule has 0 saturated heterocycles. The highest BCUT2D eigenvalue weighted by Gasteiger charge is 2.25. The molecule has 0 unspecified atom stereocenters. The van der Waals surface area contributed by atoms with Crippen molar-refractivity contribution < 1.29 is 28.7 Å². The first kappa shape index (κ1) is 19.7. The maximum absolute atomic E-state index is 12.0. The van der Waals surface area contributed by atoms with Crippen LogP contribution in [0.5, 0.6) is 11.5 Å². The lowest BCUT2D eigenvalue weighted by Crippen LogP contribution is -2.28. The second-order valence-corrected chi connectivity index (χ2v) is 5.24. The topological polar surface area (TPSA) is 117 Å². The predicted octanol–water partition coefficient (Wildman–Crippen LogP) is 2.20. The Kier molecular flexibility index (Phi) is 6.70. The van der Waals surface area contributed by atoms with Crippen molar-refractivity contribution in [2.45, 2.75) is 0 Å². The number of hydrogen-bond acceptors (Lipinski definition) is 7. The van der Waals surface area contributed by atoms with Crippen LogP contribution in [0.25, 0.3) is 0 Å².